The van der Waals surface area contributed by atoms with Gasteiger partial charge in [0.1, 0.15) is 6.54 Å². The number of carbonyl (C=O) groups is 4. The monoisotopic (exact) mass is 364 g/mol. The van der Waals surface area contributed by atoms with Crippen LogP contribution in [0.4, 0.5) is 4.79 Å². The molecule has 0 unspecified atom stereocenters. The van der Waals surface area contributed by atoms with Crippen LogP contribution in [-0.2, 0) is 25.5 Å². The SMILES string of the molecule is CC(=O)[C@@H](Cc1ccccc1)NC(=O)COC(=O)CN1CCSC1=O. The summed E-state index contributed by atoms with van der Waals surface area (Å²) >= 11 is 1.15. The molecular formula is C17H20N2O5S. The van der Waals surface area contributed by atoms with Crippen LogP contribution in [0.3, 0.4) is 0 Å². The Hall–Kier alpha value is -2.35. The number of ether oxygens (including phenoxy) is 1. The molecule has 0 saturated carbocycles. The van der Waals surface area contributed by atoms with Crippen LogP contribution in [0.25, 0.3) is 0 Å². The minimum atomic E-state index is -0.676. The summed E-state index contributed by atoms with van der Waals surface area (Å²) in [6.45, 7) is 1.25. The Morgan fingerprint density at radius 3 is 2.60 bits per heavy atom. The van der Waals surface area contributed by atoms with E-state index in [0.29, 0.717) is 18.7 Å². The molecule has 25 heavy (non-hydrogen) atoms. The van der Waals surface area contributed by atoms with E-state index in [4.69, 9.17) is 4.74 Å². The smallest absolute Gasteiger partial charge is 0.326 e. The van der Waals surface area contributed by atoms with E-state index in [1.807, 2.05) is 30.3 Å². The number of thioether (sulfide) groups is 1. The molecule has 1 saturated heterocycles. The number of ketones is 1. The van der Waals surface area contributed by atoms with Crippen LogP contribution in [0.5, 0.6) is 0 Å². The summed E-state index contributed by atoms with van der Waals surface area (Å²) in [5, 5.41) is 2.41. The number of Topliss-reactive ketones (excluding diaryl/α,β-unsaturated/α-hetero) is 1. The number of nitrogens with one attached hydrogen (secondary N) is 1. The molecule has 1 aliphatic heterocycles. The second-order valence-corrected chi connectivity index (χ2v) is 6.66. The van der Waals surface area contributed by atoms with Crippen LogP contribution in [0.2, 0.25) is 0 Å². The van der Waals surface area contributed by atoms with Crippen molar-refractivity contribution in [1.82, 2.24) is 10.2 Å². The predicted molar refractivity (Wildman–Crippen MR) is 93.1 cm³/mol. The first-order valence-corrected chi connectivity index (χ1v) is 8.85. The third kappa shape index (κ3) is 6.22. The van der Waals surface area contributed by atoms with Crippen LogP contribution < -0.4 is 5.32 Å². The normalized spacial score (nSPS) is 14.9. The van der Waals surface area contributed by atoms with Gasteiger partial charge in [-0.05, 0) is 18.9 Å². The van der Waals surface area contributed by atoms with E-state index in [1.54, 1.807) is 0 Å². The highest BCUT2D eigenvalue weighted by Crippen LogP contribution is 2.16. The van der Waals surface area contributed by atoms with Crippen molar-refractivity contribution in [1.29, 1.82) is 0 Å². The average molecular weight is 364 g/mol. The third-order valence-electron chi connectivity index (χ3n) is 3.64. The van der Waals surface area contributed by atoms with Gasteiger partial charge in [0.2, 0.25) is 0 Å². The van der Waals surface area contributed by atoms with Crippen molar-refractivity contribution in [2.24, 2.45) is 0 Å². The van der Waals surface area contributed by atoms with E-state index >= 15 is 0 Å². The minimum Gasteiger partial charge on any atom is -0.454 e. The molecule has 0 aromatic heterocycles. The summed E-state index contributed by atoms with van der Waals surface area (Å²) in [5.74, 6) is -0.727. The van der Waals surface area contributed by atoms with Gasteiger partial charge in [0.15, 0.2) is 12.4 Å². The molecule has 8 heteroatoms. The lowest BCUT2D eigenvalue weighted by Gasteiger charge is -2.17. The van der Waals surface area contributed by atoms with Crippen molar-refractivity contribution in [2.45, 2.75) is 19.4 Å². The number of hydrogen-bond acceptors (Lipinski definition) is 6. The molecular weight excluding hydrogens is 344 g/mol. The lowest BCUT2D eigenvalue weighted by atomic mass is 10.0. The van der Waals surface area contributed by atoms with Gasteiger partial charge in [0.05, 0.1) is 6.04 Å². The minimum absolute atomic E-state index is 0.166. The van der Waals surface area contributed by atoms with Crippen LogP contribution in [0, 0.1) is 0 Å². The molecule has 7 nitrogen and oxygen atoms in total. The molecule has 2 rings (SSSR count). The fourth-order valence-corrected chi connectivity index (χ4v) is 3.12. The van der Waals surface area contributed by atoms with Gasteiger partial charge in [-0.3, -0.25) is 19.2 Å². The molecule has 1 heterocycles. The Morgan fingerprint density at radius 2 is 2.00 bits per heavy atom. The van der Waals surface area contributed by atoms with Crippen molar-refractivity contribution in [2.75, 3.05) is 25.4 Å². The van der Waals surface area contributed by atoms with Crippen molar-refractivity contribution in [3.8, 4) is 0 Å². The topological polar surface area (TPSA) is 92.8 Å². The van der Waals surface area contributed by atoms with Crippen LogP contribution in [-0.4, -0.2) is 59.3 Å². The zero-order valence-corrected chi connectivity index (χ0v) is 14.7. The maximum atomic E-state index is 11.9. The molecule has 0 radical (unpaired) electrons. The molecule has 0 aliphatic carbocycles. The van der Waals surface area contributed by atoms with E-state index in [1.165, 1.54) is 11.8 Å². The van der Waals surface area contributed by atoms with Crippen molar-refractivity contribution >= 4 is 34.7 Å². The average Bonchev–Trinajstić information content (AvgIpc) is 2.98. The van der Waals surface area contributed by atoms with Gasteiger partial charge in [-0.2, -0.15) is 0 Å². The van der Waals surface area contributed by atoms with E-state index < -0.39 is 24.5 Å². The lowest BCUT2D eigenvalue weighted by Crippen LogP contribution is -2.43. The first-order chi connectivity index (χ1) is 12.0. The highest BCUT2D eigenvalue weighted by Gasteiger charge is 2.24. The Bertz CT molecular complexity index is 650. The van der Waals surface area contributed by atoms with E-state index in [0.717, 1.165) is 17.3 Å². The van der Waals surface area contributed by atoms with Crippen molar-refractivity contribution < 1.29 is 23.9 Å². The molecule has 0 spiro atoms. The highest BCUT2D eigenvalue weighted by atomic mass is 32.2. The van der Waals surface area contributed by atoms with Gasteiger partial charge < -0.3 is 15.0 Å². The molecule has 2 amide bonds. The fourth-order valence-electron chi connectivity index (χ4n) is 2.30. The van der Waals surface area contributed by atoms with Gasteiger partial charge in [0.25, 0.3) is 11.1 Å². The Balaban J connectivity index is 1.77. The Kier molecular flexibility index (Phi) is 7.00. The molecule has 1 aliphatic rings. The molecule has 1 atom stereocenters. The van der Waals surface area contributed by atoms with E-state index in [2.05, 4.69) is 5.32 Å². The van der Waals surface area contributed by atoms with Gasteiger partial charge in [-0.25, -0.2) is 0 Å². The number of carbonyl (C=O) groups excluding carboxylic acids is 4. The second-order valence-electron chi connectivity index (χ2n) is 5.62. The number of hydrogen-bond donors (Lipinski definition) is 1. The first-order valence-electron chi connectivity index (χ1n) is 7.87. The number of benzene rings is 1. The molecule has 134 valence electrons. The molecule has 1 aromatic rings. The summed E-state index contributed by atoms with van der Waals surface area (Å²) < 4.78 is 4.88. The Morgan fingerprint density at radius 1 is 1.28 bits per heavy atom. The second kappa shape index (κ2) is 9.22. The maximum Gasteiger partial charge on any atom is 0.326 e. The van der Waals surface area contributed by atoms with Gasteiger partial charge >= 0.3 is 5.97 Å². The zero-order valence-electron chi connectivity index (χ0n) is 13.9. The van der Waals surface area contributed by atoms with Gasteiger partial charge in [-0.15, -0.1) is 0 Å². The number of nitrogens with zero attached hydrogens (tertiary/aromatic N) is 1. The van der Waals surface area contributed by atoms with Crippen LogP contribution in [0.15, 0.2) is 30.3 Å². The molecule has 1 aromatic carbocycles. The lowest BCUT2D eigenvalue weighted by molar-refractivity contribution is -0.149. The number of esters is 1. The van der Waals surface area contributed by atoms with E-state index in [-0.39, 0.29) is 17.6 Å². The molecule has 1 fully saturated rings. The third-order valence-corrected chi connectivity index (χ3v) is 4.53. The van der Waals surface area contributed by atoms with Crippen molar-refractivity contribution in [3.63, 3.8) is 0 Å². The Labute approximate surface area is 150 Å². The van der Waals surface area contributed by atoms with Crippen LogP contribution in [0.1, 0.15) is 12.5 Å². The summed E-state index contributed by atoms with van der Waals surface area (Å²) in [5.41, 5.74) is 0.921. The standard InChI is InChI=1S/C17H20N2O5S/c1-12(20)14(9-13-5-3-2-4-6-13)18-15(21)11-24-16(22)10-19-7-8-25-17(19)23/h2-6,14H,7-11H2,1H3,(H,18,21)/t14-/m1/s1. The summed E-state index contributed by atoms with van der Waals surface area (Å²) in [4.78, 5) is 48.1. The summed E-state index contributed by atoms with van der Waals surface area (Å²) in [6.07, 6.45) is 0.370. The summed E-state index contributed by atoms with van der Waals surface area (Å²) in [7, 11) is 0. The first kappa shape index (κ1) is 19.0. The largest absolute Gasteiger partial charge is 0.454 e. The predicted octanol–water partition coefficient (Wildman–Crippen LogP) is 1.01. The molecule has 0 bridgehead atoms. The zero-order chi connectivity index (χ0) is 18.2. The maximum absolute atomic E-state index is 11.9. The quantitative estimate of drug-likeness (QED) is 0.692. The van der Waals surface area contributed by atoms with Crippen LogP contribution >= 0.6 is 11.8 Å². The number of rotatable bonds is 8. The van der Waals surface area contributed by atoms with Crippen molar-refractivity contribution in [3.05, 3.63) is 35.9 Å². The highest BCUT2D eigenvalue weighted by molar-refractivity contribution is 8.13. The summed E-state index contributed by atoms with van der Waals surface area (Å²) in [6, 6.07) is 8.64. The molecule has 1 N–H and O–H groups in total. The van der Waals surface area contributed by atoms with Gasteiger partial charge in [-0.1, -0.05) is 42.1 Å². The van der Waals surface area contributed by atoms with E-state index in [9.17, 15) is 19.2 Å². The number of amides is 2. The van der Waals surface area contributed by atoms with Gasteiger partial charge in [0, 0.05) is 12.3 Å². The fraction of sp³-hybridized carbons (Fsp3) is 0.412.